The van der Waals surface area contributed by atoms with Gasteiger partial charge in [0.2, 0.25) is 5.91 Å². The number of aliphatic hydroxyl groups is 1. The summed E-state index contributed by atoms with van der Waals surface area (Å²) in [6.45, 7) is 0.514. The highest BCUT2D eigenvalue weighted by Crippen LogP contribution is 2.44. The number of benzene rings is 2. The molecule has 1 aliphatic heterocycles. The predicted molar refractivity (Wildman–Crippen MR) is 129 cm³/mol. The summed E-state index contributed by atoms with van der Waals surface area (Å²) >= 11 is 0. The number of nitrogens with one attached hydrogen (secondary N) is 1. The first kappa shape index (κ1) is 27.0. The van der Waals surface area contributed by atoms with Gasteiger partial charge in [0.05, 0.1) is 34.8 Å². The lowest BCUT2D eigenvalue weighted by atomic mass is 9.97. The van der Waals surface area contributed by atoms with E-state index in [0.717, 1.165) is 17.0 Å². The number of aryl methyl sites for hydroxylation is 1. The molecule has 0 spiro atoms. The number of anilines is 1. The molecule has 7 nitrogen and oxygen atoms in total. The summed E-state index contributed by atoms with van der Waals surface area (Å²) < 4.78 is 73.9. The van der Waals surface area contributed by atoms with Crippen LogP contribution in [-0.2, 0) is 11.0 Å². The Labute approximate surface area is 214 Å². The smallest absolute Gasteiger partial charge is 0.395 e. The van der Waals surface area contributed by atoms with E-state index in [1.54, 1.807) is 13.0 Å². The Morgan fingerprint density at radius 3 is 2.55 bits per heavy atom. The zero-order valence-corrected chi connectivity index (χ0v) is 20.1. The molecule has 38 heavy (non-hydrogen) atoms. The van der Waals surface area contributed by atoms with E-state index in [0.29, 0.717) is 11.8 Å². The largest absolute Gasteiger partial charge is 0.417 e. The van der Waals surface area contributed by atoms with Crippen LogP contribution in [0.2, 0.25) is 0 Å². The normalized spacial score (nSPS) is 16.2. The van der Waals surface area contributed by atoms with E-state index in [4.69, 9.17) is 5.11 Å². The fraction of sp³-hybridized carbons (Fsp3) is 0.269. The molecule has 0 aliphatic carbocycles. The number of allylic oxidation sites excluding steroid dienone is 1. The number of aromatic nitrogens is 2. The Morgan fingerprint density at radius 2 is 1.89 bits per heavy atom. The Balaban J connectivity index is 1.80. The van der Waals surface area contributed by atoms with Crippen molar-refractivity contribution in [1.82, 2.24) is 15.1 Å². The van der Waals surface area contributed by atoms with Crippen LogP contribution in [0, 0.1) is 6.92 Å². The van der Waals surface area contributed by atoms with Crippen LogP contribution in [0.5, 0.6) is 0 Å². The van der Waals surface area contributed by atoms with Gasteiger partial charge in [-0.25, -0.2) is 13.5 Å². The SMILES string of the molecule is Cc1ccn(-c2ccc(C(=O)N3CCC(F)(F)/C(=C\C(=O)NCCO)c4ccccc43)c(C(F)(F)F)c2)n1. The van der Waals surface area contributed by atoms with Crippen molar-refractivity contribution in [3.8, 4) is 5.69 Å². The fourth-order valence-corrected chi connectivity index (χ4v) is 4.20. The molecule has 0 saturated heterocycles. The van der Waals surface area contributed by atoms with Gasteiger partial charge in [0.15, 0.2) is 0 Å². The van der Waals surface area contributed by atoms with Crippen molar-refractivity contribution in [2.45, 2.75) is 25.4 Å². The minimum atomic E-state index is -4.92. The predicted octanol–water partition coefficient (Wildman–Crippen LogP) is 4.38. The summed E-state index contributed by atoms with van der Waals surface area (Å²) in [7, 11) is 0. The molecule has 1 aliphatic rings. The second-order valence-corrected chi connectivity index (χ2v) is 8.63. The molecule has 2 amide bonds. The number of fused-ring (bicyclic) bond motifs is 1. The number of hydrogen-bond acceptors (Lipinski definition) is 4. The highest BCUT2D eigenvalue weighted by molar-refractivity contribution is 6.10. The van der Waals surface area contributed by atoms with Crippen molar-refractivity contribution in [3.63, 3.8) is 0 Å². The maximum atomic E-state index is 15.2. The molecule has 3 aromatic rings. The third-order valence-electron chi connectivity index (χ3n) is 5.99. The van der Waals surface area contributed by atoms with Crippen molar-refractivity contribution in [1.29, 1.82) is 0 Å². The summed E-state index contributed by atoms with van der Waals surface area (Å²) in [5.74, 6) is -5.57. The van der Waals surface area contributed by atoms with Crippen molar-refractivity contribution < 1.29 is 36.6 Å². The number of amides is 2. The number of carbonyl (C=O) groups is 2. The first-order valence-electron chi connectivity index (χ1n) is 11.6. The average Bonchev–Trinajstić information content (AvgIpc) is 3.27. The topological polar surface area (TPSA) is 87.5 Å². The number of alkyl halides is 5. The molecule has 0 atom stereocenters. The van der Waals surface area contributed by atoms with E-state index in [-0.39, 0.29) is 23.5 Å². The van der Waals surface area contributed by atoms with E-state index < -0.39 is 60.2 Å². The van der Waals surface area contributed by atoms with Crippen LogP contribution in [0.1, 0.15) is 33.6 Å². The summed E-state index contributed by atoms with van der Waals surface area (Å²) in [6, 6.07) is 10.2. The van der Waals surface area contributed by atoms with Gasteiger partial charge in [-0.1, -0.05) is 18.2 Å². The first-order chi connectivity index (χ1) is 17.9. The minimum absolute atomic E-state index is 0.0595. The Morgan fingerprint density at radius 1 is 1.16 bits per heavy atom. The quantitative estimate of drug-likeness (QED) is 0.376. The molecule has 0 fully saturated rings. The van der Waals surface area contributed by atoms with E-state index >= 15 is 8.78 Å². The third-order valence-corrected chi connectivity index (χ3v) is 5.99. The standard InChI is InChI=1S/C26H23F5N4O3/c1-16-8-11-35(33-16)17-6-7-19(21(14-17)26(29,30)31)24(38)34-12-9-25(27,28)20(15-23(37)32-10-13-36)18-4-2-3-5-22(18)34/h2-8,11,14-15,36H,9-10,12-13H2,1H3,(H,32,37)/b20-15-. The van der Waals surface area contributed by atoms with Crippen LogP contribution in [0.25, 0.3) is 11.3 Å². The lowest BCUT2D eigenvalue weighted by Crippen LogP contribution is -2.34. The fourth-order valence-electron chi connectivity index (χ4n) is 4.20. The zero-order chi connectivity index (χ0) is 27.7. The van der Waals surface area contributed by atoms with Gasteiger partial charge in [0.1, 0.15) is 0 Å². The Hall–Kier alpha value is -4.06. The van der Waals surface area contributed by atoms with E-state index in [1.165, 1.54) is 41.2 Å². The van der Waals surface area contributed by atoms with E-state index in [9.17, 15) is 22.8 Å². The molecule has 0 radical (unpaired) electrons. The lowest BCUT2D eigenvalue weighted by molar-refractivity contribution is -0.137. The molecular formula is C26H23F5N4O3. The molecule has 200 valence electrons. The van der Waals surface area contributed by atoms with Crippen molar-refractivity contribution in [2.75, 3.05) is 24.6 Å². The van der Waals surface area contributed by atoms with Gasteiger partial charge in [0.25, 0.3) is 11.8 Å². The molecule has 0 bridgehead atoms. The number of hydrogen-bond donors (Lipinski definition) is 2. The second-order valence-electron chi connectivity index (χ2n) is 8.63. The third kappa shape index (κ3) is 5.44. The molecule has 1 aromatic heterocycles. The maximum absolute atomic E-state index is 15.2. The zero-order valence-electron chi connectivity index (χ0n) is 20.1. The van der Waals surface area contributed by atoms with E-state index in [1.807, 2.05) is 0 Å². The van der Waals surface area contributed by atoms with Crippen molar-refractivity contribution in [2.24, 2.45) is 0 Å². The van der Waals surface area contributed by atoms with Crippen LogP contribution in [0.15, 0.2) is 60.8 Å². The Kier molecular flexibility index (Phi) is 7.36. The number of carbonyl (C=O) groups excluding carboxylic acids is 2. The highest BCUT2D eigenvalue weighted by atomic mass is 19.4. The number of halogens is 5. The molecule has 12 heteroatoms. The van der Waals surface area contributed by atoms with Gasteiger partial charge in [-0.15, -0.1) is 0 Å². The van der Waals surface area contributed by atoms with Gasteiger partial charge in [-0.05, 0) is 37.3 Å². The first-order valence-corrected chi connectivity index (χ1v) is 11.6. The van der Waals surface area contributed by atoms with Crippen molar-refractivity contribution >= 4 is 23.1 Å². The van der Waals surface area contributed by atoms with E-state index in [2.05, 4.69) is 10.4 Å². The van der Waals surface area contributed by atoms with Gasteiger partial charge >= 0.3 is 6.18 Å². The molecule has 0 saturated carbocycles. The molecule has 4 rings (SSSR count). The molecule has 2 aromatic carbocycles. The summed E-state index contributed by atoms with van der Waals surface area (Å²) in [5.41, 5.74) is -2.20. The number of para-hydroxylation sites is 1. The lowest BCUT2D eigenvalue weighted by Gasteiger charge is -2.24. The Bertz CT molecular complexity index is 1400. The van der Waals surface area contributed by atoms with Gasteiger partial charge in [0, 0.05) is 42.9 Å². The number of aliphatic hydroxyl groups excluding tert-OH is 1. The van der Waals surface area contributed by atoms with Crippen LogP contribution in [0.3, 0.4) is 0 Å². The highest BCUT2D eigenvalue weighted by Gasteiger charge is 2.43. The summed E-state index contributed by atoms with van der Waals surface area (Å²) in [5, 5.41) is 15.2. The molecule has 2 N–H and O–H groups in total. The summed E-state index contributed by atoms with van der Waals surface area (Å²) in [6.07, 6.45) is -3.69. The summed E-state index contributed by atoms with van der Waals surface area (Å²) in [4.78, 5) is 26.6. The molecule has 2 heterocycles. The van der Waals surface area contributed by atoms with Crippen LogP contribution in [0.4, 0.5) is 27.6 Å². The van der Waals surface area contributed by atoms with Crippen LogP contribution in [-0.4, -0.2) is 52.3 Å². The second kappa shape index (κ2) is 10.4. The maximum Gasteiger partial charge on any atom is 0.417 e. The van der Waals surface area contributed by atoms with Gasteiger partial charge < -0.3 is 15.3 Å². The monoisotopic (exact) mass is 534 g/mol. The van der Waals surface area contributed by atoms with Crippen LogP contribution >= 0.6 is 0 Å². The van der Waals surface area contributed by atoms with Crippen molar-refractivity contribution in [3.05, 3.63) is 83.2 Å². The van der Waals surface area contributed by atoms with Gasteiger partial charge in [-0.3, -0.25) is 9.59 Å². The molecule has 0 unspecified atom stereocenters. The average molecular weight is 534 g/mol. The van der Waals surface area contributed by atoms with Gasteiger partial charge in [-0.2, -0.15) is 18.3 Å². The number of rotatable bonds is 5. The molecular weight excluding hydrogens is 511 g/mol. The minimum Gasteiger partial charge on any atom is -0.395 e. The van der Waals surface area contributed by atoms with Crippen LogP contribution < -0.4 is 10.2 Å². The number of nitrogens with zero attached hydrogens (tertiary/aromatic N) is 3.